The number of amides is 1. The lowest BCUT2D eigenvalue weighted by Gasteiger charge is -2.28. The van der Waals surface area contributed by atoms with E-state index in [1.54, 1.807) is 30.3 Å². The van der Waals surface area contributed by atoms with Crippen LogP contribution in [0.4, 0.5) is 4.79 Å². The van der Waals surface area contributed by atoms with E-state index in [2.05, 4.69) is 38.0 Å². The van der Waals surface area contributed by atoms with E-state index in [-0.39, 0.29) is 30.1 Å². The van der Waals surface area contributed by atoms with Gasteiger partial charge in [-0.05, 0) is 58.1 Å². The summed E-state index contributed by atoms with van der Waals surface area (Å²) in [5.74, 6) is 0.748. The van der Waals surface area contributed by atoms with Gasteiger partial charge in [-0.2, -0.15) is 0 Å². The van der Waals surface area contributed by atoms with Gasteiger partial charge in [0, 0.05) is 38.6 Å². The summed E-state index contributed by atoms with van der Waals surface area (Å²) in [5.41, 5.74) is -0.483. The van der Waals surface area contributed by atoms with Crippen molar-refractivity contribution >= 4 is 47.4 Å². The Morgan fingerprint density at radius 3 is 2.59 bits per heavy atom. The van der Waals surface area contributed by atoms with Crippen LogP contribution in [0.3, 0.4) is 0 Å². The van der Waals surface area contributed by atoms with Crippen LogP contribution in [0.2, 0.25) is 0 Å². The maximum Gasteiger partial charge on any atom is 0.410 e. The smallest absolute Gasteiger partial charge is 0.410 e. The molecule has 1 aromatic rings. The molecule has 0 bridgehead atoms. The molecule has 1 saturated heterocycles. The van der Waals surface area contributed by atoms with Crippen LogP contribution in [-0.4, -0.2) is 74.3 Å². The standard InChI is InChI=1S/C20H35N5O2S.HI/c1-20(2,3)27-19(26)24(5)13-10-22-18(21-4)23-15-16(17-9-8-14-28-17)25-11-6-7-12-25;/h8-9,14,16H,6-7,10-13,15H2,1-5H3,(H2,21,22,23);1H. The third-order valence-corrected chi connectivity index (χ3v) is 5.56. The van der Waals surface area contributed by atoms with Crippen molar-refractivity contribution in [1.82, 2.24) is 20.4 Å². The summed E-state index contributed by atoms with van der Waals surface area (Å²) in [6.07, 6.45) is 2.22. The number of ether oxygens (including phenoxy) is 1. The molecule has 1 aliphatic rings. The Labute approximate surface area is 196 Å². The van der Waals surface area contributed by atoms with Crippen LogP contribution in [0.25, 0.3) is 0 Å². The molecule has 1 aromatic heterocycles. The maximum absolute atomic E-state index is 12.0. The molecular weight excluding hydrogens is 501 g/mol. The summed E-state index contributed by atoms with van der Waals surface area (Å²) in [4.78, 5) is 21.8. The SMILES string of the molecule is CN=C(NCCN(C)C(=O)OC(C)(C)C)NCC(c1cccs1)N1CCCC1.I. The molecule has 1 atom stereocenters. The van der Waals surface area contributed by atoms with Crippen LogP contribution in [-0.2, 0) is 4.74 Å². The van der Waals surface area contributed by atoms with Gasteiger partial charge in [0.05, 0.1) is 6.04 Å². The molecule has 29 heavy (non-hydrogen) atoms. The monoisotopic (exact) mass is 537 g/mol. The molecule has 1 aliphatic heterocycles. The number of halogens is 1. The molecule has 2 rings (SSSR count). The van der Waals surface area contributed by atoms with Gasteiger partial charge in [-0.25, -0.2) is 4.79 Å². The third-order valence-electron chi connectivity index (χ3n) is 4.58. The highest BCUT2D eigenvalue weighted by atomic mass is 127. The molecule has 7 nitrogen and oxygen atoms in total. The van der Waals surface area contributed by atoms with E-state index in [0.29, 0.717) is 19.1 Å². The molecular formula is C20H36IN5O2S. The lowest BCUT2D eigenvalue weighted by molar-refractivity contribution is 0.0302. The number of rotatable bonds is 7. The molecule has 0 spiro atoms. The van der Waals surface area contributed by atoms with E-state index < -0.39 is 5.60 Å². The summed E-state index contributed by atoms with van der Waals surface area (Å²) >= 11 is 1.81. The second-order valence-corrected chi connectivity index (χ2v) is 9.04. The van der Waals surface area contributed by atoms with Crippen LogP contribution < -0.4 is 10.6 Å². The first-order valence-electron chi connectivity index (χ1n) is 9.96. The van der Waals surface area contributed by atoms with Gasteiger partial charge >= 0.3 is 6.09 Å². The van der Waals surface area contributed by atoms with Crippen LogP contribution in [0.1, 0.15) is 44.5 Å². The number of nitrogens with zero attached hydrogens (tertiary/aromatic N) is 3. The largest absolute Gasteiger partial charge is 0.444 e. The van der Waals surface area contributed by atoms with Crippen molar-refractivity contribution in [2.75, 3.05) is 46.8 Å². The minimum absolute atomic E-state index is 0. The van der Waals surface area contributed by atoms with Crippen LogP contribution in [0.5, 0.6) is 0 Å². The van der Waals surface area contributed by atoms with Gasteiger partial charge < -0.3 is 20.3 Å². The summed E-state index contributed by atoms with van der Waals surface area (Å²) in [6.45, 7) is 9.85. The molecule has 1 fully saturated rings. The van der Waals surface area contributed by atoms with E-state index in [1.807, 2.05) is 20.8 Å². The number of carbonyl (C=O) groups is 1. The average Bonchev–Trinajstić information content (AvgIpc) is 3.33. The molecule has 2 N–H and O–H groups in total. The Kier molecular flexibility index (Phi) is 11.3. The van der Waals surface area contributed by atoms with Crippen molar-refractivity contribution in [3.63, 3.8) is 0 Å². The van der Waals surface area contributed by atoms with E-state index in [9.17, 15) is 4.79 Å². The fourth-order valence-electron chi connectivity index (χ4n) is 3.13. The number of hydrogen-bond acceptors (Lipinski definition) is 5. The second-order valence-electron chi connectivity index (χ2n) is 8.06. The lowest BCUT2D eigenvalue weighted by Crippen LogP contribution is -2.45. The van der Waals surface area contributed by atoms with Crippen molar-refractivity contribution in [3.8, 4) is 0 Å². The highest BCUT2D eigenvalue weighted by Crippen LogP contribution is 2.27. The number of nitrogens with one attached hydrogen (secondary N) is 2. The van der Waals surface area contributed by atoms with Crippen molar-refractivity contribution < 1.29 is 9.53 Å². The number of guanidine groups is 1. The third kappa shape index (κ3) is 9.08. The first kappa shape index (κ1) is 26.0. The van der Waals surface area contributed by atoms with Gasteiger partial charge in [0.2, 0.25) is 0 Å². The van der Waals surface area contributed by atoms with Crippen molar-refractivity contribution in [1.29, 1.82) is 0 Å². The Morgan fingerprint density at radius 2 is 2.03 bits per heavy atom. The Balaban J connectivity index is 0.00000420. The molecule has 9 heteroatoms. The minimum atomic E-state index is -0.483. The maximum atomic E-state index is 12.0. The molecule has 0 saturated carbocycles. The molecule has 1 amide bonds. The number of thiophene rings is 1. The summed E-state index contributed by atoms with van der Waals surface area (Å²) in [5, 5.41) is 8.87. The van der Waals surface area contributed by atoms with Crippen LogP contribution >= 0.6 is 35.3 Å². The quantitative estimate of drug-likeness (QED) is 0.317. The Bertz CT molecular complexity index is 627. The van der Waals surface area contributed by atoms with Crippen LogP contribution in [0.15, 0.2) is 22.5 Å². The topological polar surface area (TPSA) is 69.2 Å². The molecule has 166 valence electrons. The fourth-order valence-corrected chi connectivity index (χ4v) is 3.99. The van der Waals surface area contributed by atoms with Gasteiger partial charge in [-0.15, -0.1) is 35.3 Å². The summed E-state index contributed by atoms with van der Waals surface area (Å²) in [6, 6.07) is 4.69. The number of carbonyl (C=O) groups excluding carboxylic acids is 1. The number of aliphatic imine (C=N–C) groups is 1. The van der Waals surface area contributed by atoms with Gasteiger partial charge in [-0.3, -0.25) is 9.89 Å². The van der Waals surface area contributed by atoms with Gasteiger partial charge in [0.25, 0.3) is 0 Å². The predicted molar refractivity (Wildman–Crippen MR) is 132 cm³/mol. The zero-order chi connectivity index (χ0) is 20.6. The van der Waals surface area contributed by atoms with E-state index in [4.69, 9.17) is 4.74 Å². The number of hydrogen-bond donors (Lipinski definition) is 2. The van der Waals surface area contributed by atoms with Gasteiger partial charge in [0.1, 0.15) is 5.60 Å². The summed E-state index contributed by atoms with van der Waals surface area (Å²) in [7, 11) is 3.51. The molecule has 0 aromatic carbocycles. The normalized spacial score (nSPS) is 16.1. The average molecular weight is 538 g/mol. The molecule has 0 radical (unpaired) electrons. The Hall–Kier alpha value is -1.07. The first-order valence-corrected chi connectivity index (χ1v) is 10.8. The molecule has 2 heterocycles. The fraction of sp³-hybridized carbons (Fsp3) is 0.700. The van der Waals surface area contributed by atoms with E-state index in [1.165, 1.54) is 17.7 Å². The zero-order valence-electron chi connectivity index (χ0n) is 18.2. The first-order chi connectivity index (χ1) is 13.3. The minimum Gasteiger partial charge on any atom is -0.444 e. The summed E-state index contributed by atoms with van der Waals surface area (Å²) < 4.78 is 5.37. The van der Waals surface area contributed by atoms with E-state index in [0.717, 1.165) is 25.6 Å². The highest BCUT2D eigenvalue weighted by Gasteiger charge is 2.24. The van der Waals surface area contributed by atoms with Gasteiger partial charge in [0.15, 0.2) is 5.96 Å². The van der Waals surface area contributed by atoms with E-state index >= 15 is 0 Å². The number of likely N-dealkylation sites (tertiary alicyclic amines) is 1. The molecule has 0 aliphatic carbocycles. The van der Waals surface area contributed by atoms with Crippen LogP contribution in [0, 0.1) is 0 Å². The van der Waals surface area contributed by atoms with Crippen molar-refractivity contribution in [2.24, 2.45) is 4.99 Å². The molecule has 1 unspecified atom stereocenters. The lowest BCUT2D eigenvalue weighted by atomic mass is 10.2. The van der Waals surface area contributed by atoms with Gasteiger partial charge in [-0.1, -0.05) is 6.07 Å². The number of likely N-dealkylation sites (N-methyl/N-ethyl adjacent to an activating group) is 1. The Morgan fingerprint density at radius 1 is 1.34 bits per heavy atom. The second kappa shape index (κ2) is 12.6. The predicted octanol–water partition coefficient (Wildman–Crippen LogP) is 3.53. The highest BCUT2D eigenvalue weighted by molar-refractivity contribution is 14.0. The zero-order valence-corrected chi connectivity index (χ0v) is 21.4. The van der Waals surface area contributed by atoms with Crippen molar-refractivity contribution in [2.45, 2.75) is 45.3 Å². The van der Waals surface area contributed by atoms with Crippen molar-refractivity contribution in [3.05, 3.63) is 22.4 Å².